The summed E-state index contributed by atoms with van der Waals surface area (Å²) in [6.07, 6.45) is 1.64. The normalized spacial score (nSPS) is 23.8. The van der Waals surface area contributed by atoms with Crippen molar-refractivity contribution < 1.29 is 9.18 Å². The topological polar surface area (TPSA) is 58.4 Å². The standard InChI is InChI=1S/C13H18FN3O/c1-9-8-11(15)6-7-17(9)13(18)16-12-4-2-10(14)3-5-12/h2-5,9,11H,6-8,15H2,1H3,(H,16,18). The molecular weight excluding hydrogens is 233 g/mol. The Kier molecular flexibility index (Phi) is 3.81. The van der Waals surface area contributed by atoms with Gasteiger partial charge in [0.1, 0.15) is 5.82 Å². The fourth-order valence-electron chi connectivity index (χ4n) is 2.24. The molecule has 98 valence electrons. The third-order valence-corrected chi connectivity index (χ3v) is 3.27. The van der Waals surface area contributed by atoms with E-state index in [4.69, 9.17) is 5.73 Å². The molecular formula is C13H18FN3O. The average molecular weight is 251 g/mol. The Morgan fingerprint density at radius 3 is 2.72 bits per heavy atom. The van der Waals surface area contributed by atoms with E-state index in [1.807, 2.05) is 6.92 Å². The molecule has 5 heteroatoms. The Morgan fingerprint density at radius 2 is 2.11 bits per heavy atom. The minimum atomic E-state index is -0.315. The van der Waals surface area contributed by atoms with Gasteiger partial charge in [0.05, 0.1) is 0 Å². The van der Waals surface area contributed by atoms with Gasteiger partial charge in [0.2, 0.25) is 0 Å². The predicted molar refractivity (Wildman–Crippen MR) is 68.8 cm³/mol. The quantitative estimate of drug-likeness (QED) is 0.803. The summed E-state index contributed by atoms with van der Waals surface area (Å²) >= 11 is 0. The SMILES string of the molecule is CC1CC(N)CCN1C(=O)Nc1ccc(F)cc1. The number of anilines is 1. The first-order valence-corrected chi connectivity index (χ1v) is 6.15. The van der Waals surface area contributed by atoms with Crippen molar-refractivity contribution in [3.63, 3.8) is 0 Å². The smallest absolute Gasteiger partial charge is 0.322 e. The van der Waals surface area contributed by atoms with Crippen LogP contribution in [0.5, 0.6) is 0 Å². The van der Waals surface area contributed by atoms with Gasteiger partial charge in [-0.15, -0.1) is 0 Å². The first kappa shape index (κ1) is 12.8. The van der Waals surface area contributed by atoms with Crippen molar-refractivity contribution in [3.05, 3.63) is 30.1 Å². The Hall–Kier alpha value is -1.62. The van der Waals surface area contributed by atoms with Crippen molar-refractivity contribution in [3.8, 4) is 0 Å². The maximum Gasteiger partial charge on any atom is 0.322 e. The highest BCUT2D eigenvalue weighted by atomic mass is 19.1. The lowest BCUT2D eigenvalue weighted by molar-refractivity contribution is 0.163. The van der Waals surface area contributed by atoms with Crippen LogP contribution in [0.2, 0.25) is 0 Å². The summed E-state index contributed by atoms with van der Waals surface area (Å²) in [5, 5.41) is 2.76. The van der Waals surface area contributed by atoms with Gasteiger partial charge in [-0.05, 0) is 44.0 Å². The van der Waals surface area contributed by atoms with Gasteiger partial charge in [-0.1, -0.05) is 0 Å². The number of nitrogens with one attached hydrogen (secondary N) is 1. The number of hydrogen-bond acceptors (Lipinski definition) is 2. The van der Waals surface area contributed by atoms with E-state index in [1.54, 1.807) is 17.0 Å². The zero-order chi connectivity index (χ0) is 13.1. The van der Waals surface area contributed by atoms with Crippen LogP contribution in [0.25, 0.3) is 0 Å². The molecule has 18 heavy (non-hydrogen) atoms. The van der Waals surface area contributed by atoms with Gasteiger partial charge < -0.3 is 16.0 Å². The summed E-state index contributed by atoms with van der Waals surface area (Å²) in [5.41, 5.74) is 6.46. The molecule has 4 nitrogen and oxygen atoms in total. The van der Waals surface area contributed by atoms with Crippen LogP contribution in [0.4, 0.5) is 14.9 Å². The number of likely N-dealkylation sites (tertiary alicyclic amines) is 1. The molecule has 2 unspecified atom stereocenters. The van der Waals surface area contributed by atoms with E-state index in [-0.39, 0.29) is 23.9 Å². The number of amides is 2. The monoisotopic (exact) mass is 251 g/mol. The zero-order valence-corrected chi connectivity index (χ0v) is 10.4. The molecule has 1 fully saturated rings. The summed E-state index contributed by atoms with van der Waals surface area (Å²) in [6.45, 7) is 2.65. The van der Waals surface area contributed by atoms with Gasteiger partial charge in [-0.25, -0.2) is 9.18 Å². The minimum absolute atomic E-state index is 0.134. The number of rotatable bonds is 1. The lowest BCUT2D eigenvalue weighted by Crippen LogP contribution is -2.49. The van der Waals surface area contributed by atoms with Gasteiger partial charge >= 0.3 is 6.03 Å². The Balaban J connectivity index is 1.97. The highest BCUT2D eigenvalue weighted by Crippen LogP contribution is 2.17. The largest absolute Gasteiger partial charge is 0.328 e. The highest BCUT2D eigenvalue weighted by molar-refractivity contribution is 5.89. The fraction of sp³-hybridized carbons (Fsp3) is 0.462. The van der Waals surface area contributed by atoms with Gasteiger partial charge in [-0.3, -0.25) is 0 Å². The molecule has 2 atom stereocenters. The van der Waals surface area contributed by atoms with Crippen LogP contribution in [0, 0.1) is 5.82 Å². The van der Waals surface area contributed by atoms with E-state index in [9.17, 15) is 9.18 Å². The number of nitrogens with zero attached hydrogens (tertiary/aromatic N) is 1. The number of hydrogen-bond donors (Lipinski definition) is 2. The molecule has 0 aromatic heterocycles. The van der Waals surface area contributed by atoms with E-state index in [2.05, 4.69) is 5.32 Å². The molecule has 1 saturated heterocycles. The number of nitrogens with two attached hydrogens (primary N) is 1. The van der Waals surface area contributed by atoms with Crippen LogP contribution in [0.3, 0.4) is 0 Å². The maximum absolute atomic E-state index is 12.7. The lowest BCUT2D eigenvalue weighted by atomic mass is 10.00. The molecule has 1 aromatic rings. The molecule has 0 bridgehead atoms. The molecule has 0 spiro atoms. The minimum Gasteiger partial charge on any atom is -0.328 e. The van der Waals surface area contributed by atoms with Gasteiger partial charge in [0, 0.05) is 24.3 Å². The fourth-order valence-corrected chi connectivity index (χ4v) is 2.24. The molecule has 0 aliphatic carbocycles. The molecule has 2 amide bonds. The van der Waals surface area contributed by atoms with E-state index in [1.165, 1.54) is 12.1 Å². The van der Waals surface area contributed by atoms with E-state index < -0.39 is 0 Å². The molecule has 2 rings (SSSR count). The predicted octanol–water partition coefficient (Wildman–Crippen LogP) is 2.17. The van der Waals surface area contributed by atoms with Crippen molar-refractivity contribution in [2.45, 2.75) is 31.8 Å². The molecule has 3 N–H and O–H groups in total. The van der Waals surface area contributed by atoms with Crippen LogP contribution < -0.4 is 11.1 Å². The molecule has 0 saturated carbocycles. The molecule has 1 heterocycles. The number of benzene rings is 1. The maximum atomic E-state index is 12.7. The Bertz CT molecular complexity index is 421. The summed E-state index contributed by atoms with van der Waals surface area (Å²) in [4.78, 5) is 13.8. The van der Waals surface area contributed by atoms with Crippen LogP contribution >= 0.6 is 0 Å². The van der Waals surface area contributed by atoms with Crippen molar-refractivity contribution in [1.82, 2.24) is 4.90 Å². The van der Waals surface area contributed by atoms with E-state index in [0.717, 1.165) is 12.8 Å². The lowest BCUT2D eigenvalue weighted by Gasteiger charge is -2.36. The second-order valence-corrected chi connectivity index (χ2v) is 4.76. The first-order valence-electron chi connectivity index (χ1n) is 6.15. The Morgan fingerprint density at radius 1 is 1.44 bits per heavy atom. The van der Waals surface area contributed by atoms with E-state index >= 15 is 0 Å². The van der Waals surface area contributed by atoms with Gasteiger partial charge in [0.25, 0.3) is 0 Å². The second-order valence-electron chi connectivity index (χ2n) is 4.76. The Labute approximate surface area is 106 Å². The summed E-state index contributed by atoms with van der Waals surface area (Å²) in [7, 11) is 0. The van der Waals surface area contributed by atoms with Gasteiger partial charge in [0.15, 0.2) is 0 Å². The second kappa shape index (κ2) is 5.35. The molecule has 0 radical (unpaired) electrons. The third kappa shape index (κ3) is 2.98. The van der Waals surface area contributed by atoms with Crippen molar-refractivity contribution >= 4 is 11.7 Å². The molecule has 1 aliphatic heterocycles. The van der Waals surface area contributed by atoms with Crippen LogP contribution in [-0.4, -0.2) is 29.6 Å². The van der Waals surface area contributed by atoms with E-state index in [0.29, 0.717) is 12.2 Å². The number of piperidine rings is 1. The van der Waals surface area contributed by atoms with Crippen molar-refractivity contribution in [2.24, 2.45) is 5.73 Å². The number of carbonyl (C=O) groups is 1. The number of urea groups is 1. The zero-order valence-electron chi connectivity index (χ0n) is 10.4. The first-order chi connectivity index (χ1) is 8.56. The van der Waals surface area contributed by atoms with Crippen molar-refractivity contribution in [1.29, 1.82) is 0 Å². The summed E-state index contributed by atoms with van der Waals surface area (Å²) in [5.74, 6) is -0.315. The van der Waals surface area contributed by atoms with Crippen LogP contribution in [0.1, 0.15) is 19.8 Å². The third-order valence-electron chi connectivity index (χ3n) is 3.27. The molecule has 1 aromatic carbocycles. The summed E-state index contributed by atoms with van der Waals surface area (Å²) in [6, 6.07) is 5.90. The molecule has 1 aliphatic rings. The van der Waals surface area contributed by atoms with Gasteiger partial charge in [-0.2, -0.15) is 0 Å². The average Bonchev–Trinajstić information content (AvgIpc) is 2.32. The number of carbonyl (C=O) groups excluding carboxylic acids is 1. The van der Waals surface area contributed by atoms with Crippen LogP contribution in [-0.2, 0) is 0 Å². The highest BCUT2D eigenvalue weighted by Gasteiger charge is 2.26. The summed E-state index contributed by atoms with van der Waals surface area (Å²) < 4.78 is 12.7. The van der Waals surface area contributed by atoms with Crippen molar-refractivity contribution in [2.75, 3.05) is 11.9 Å². The number of halogens is 1. The van der Waals surface area contributed by atoms with Crippen LogP contribution in [0.15, 0.2) is 24.3 Å².